The van der Waals surface area contributed by atoms with E-state index < -0.39 is 0 Å². The molecule has 6 heteroatoms. The molecule has 0 saturated carbocycles. The third-order valence-electron chi connectivity index (χ3n) is 3.81. The fourth-order valence-corrected chi connectivity index (χ4v) is 2.46. The summed E-state index contributed by atoms with van der Waals surface area (Å²) in [6.07, 6.45) is 0. The van der Waals surface area contributed by atoms with Crippen LogP contribution in [-0.4, -0.2) is 67.9 Å². The molecule has 1 aliphatic rings. The average Bonchev–Trinajstić information content (AvgIpc) is 2.49. The molecule has 120 valence electrons. The van der Waals surface area contributed by atoms with Crippen molar-refractivity contribution in [3.63, 3.8) is 0 Å². The smallest absolute Gasteiger partial charge is 0.253 e. The van der Waals surface area contributed by atoms with Crippen LogP contribution in [0.1, 0.15) is 17.3 Å². The maximum atomic E-state index is 12.1. The highest BCUT2D eigenvalue weighted by Gasteiger charge is 2.20. The Morgan fingerprint density at radius 3 is 2.59 bits per heavy atom. The summed E-state index contributed by atoms with van der Waals surface area (Å²) in [6.45, 7) is 5.21. The highest BCUT2D eigenvalue weighted by atomic mass is 16.2. The number of hydrogen-bond acceptors (Lipinski definition) is 4. The Hall–Kier alpha value is -1.92. The molecule has 0 aliphatic carbocycles. The van der Waals surface area contributed by atoms with Crippen molar-refractivity contribution in [3.8, 4) is 0 Å². The van der Waals surface area contributed by atoms with Gasteiger partial charge in [-0.05, 0) is 31.2 Å². The first kappa shape index (κ1) is 16.5. The normalized spacial score (nSPS) is 18.8. The highest BCUT2D eigenvalue weighted by Crippen LogP contribution is 2.11. The number of nitrogens with one attached hydrogen (secondary N) is 2. The van der Waals surface area contributed by atoms with Gasteiger partial charge in [0.1, 0.15) is 0 Å². The van der Waals surface area contributed by atoms with Gasteiger partial charge in [0.15, 0.2) is 0 Å². The Morgan fingerprint density at radius 2 is 2.00 bits per heavy atom. The summed E-state index contributed by atoms with van der Waals surface area (Å²) in [5, 5.41) is 6.18. The van der Waals surface area contributed by atoms with Gasteiger partial charge in [0, 0.05) is 51.0 Å². The molecule has 2 N–H and O–H groups in total. The van der Waals surface area contributed by atoms with E-state index in [1.807, 2.05) is 0 Å². The predicted octanol–water partition coefficient (Wildman–Crippen LogP) is 0.621. The van der Waals surface area contributed by atoms with Crippen molar-refractivity contribution in [1.82, 2.24) is 15.1 Å². The van der Waals surface area contributed by atoms with Crippen LogP contribution in [0.4, 0.5) is 5.69 Å². The monoisotopic (exact) mass is 304 g/mol. The van der Waals surface area contributed by atoms with Crippen LogP contribution in [-0.2, 0) is 4.79 Å². The largest absolute Gasteiger partial charge is 0.345 e. The minimum absolute atomic E-state index is 0.0274. The summed E-state index contributed by atoms with van der Waals surface area (Å²) in [5.74, 6) is -0.0760. The molecule has 1 aromatic rings. The Kier molecular flexibility index (Phi) is 5.51. The summed E-state index contributed by atoms with van der Waals surface area (Å²) in [4.78, 5) is 27.6. The number of hydrogen-bond donors (Lipinski definition) is 2. The molecule has 1 aromatic carbocycles. The molecule has 0 radical (unpaired) electrons. The van der Waals surface area contributed by atoms with Crippen LogP contribution >= 0.6 is 0 Å². The molecule has 0 spiro atoms. The molecule has 2 rings (SSSR count). The van der Waals surface area contributed by atoms with Gasteiger partial charge in [0.2, 0.25) is 5.91 Å². The Morgan fingerprint density at radius 1 is 1.32 bits per heavy atom. The number of piperazine rings is 1. The molecule has 1 aliphatic heterocycles. The van der Waals surface area contributed by atoms with Crippen molar-refractivity contribution >= 4 is 17.5 Å². The average molecular weight is 304 g/mol. The van der Waals surface area contributed by atoms with Gasteiger partial charge in [-0.3, -0.25) is 14.5 Å². The van der Waals surface area contributed by atoms with Crippen LogP contribution in [0, 0.1) is 0 Å². The van der Waals surface area contributed by atoms with Crippen molar-refractivity contribution < 1.29 is 9.59 Å². The third kappa shape index (κ3) is 4.29. The SMILES string of the molecule is C[C@@H]1CNCCN1CC(=O)Nc1ccc(C(=O)N(C)C)cc1. The maximum absolute atomic E-state index is 12.1. The van der Waals surface area contributed by atoms with Gasteiger partial charge < -0.3 is 15.5 Å². The van der Waals surface area contributed by atoms with Gasteiger partial charge >= 0.3 is 0 Å². The number of rotatable bonds is 4. The Labute approximate surface area is 131 Å². The van der Waals surface area contributed by atoms with E-state index in [0.29, 0.717) is 23.8 Å². The van der Waals surface area contributed by atoms with E-state index in [9.17, 15) is 9.59 Å². The number of carbonyl (C=O) groups excluding carboxylic acids is 2. The van der Waals surface area contributed by atoms with Gasteiger partial charge in [-0.15, -0.1) is 0 Å². The second kappa shape index (κ2) is 7.38. The van der Waals surface area contributed by atoms with Crippen LogP contribution in [0.25, 0.3) is 0 Å². The van der Waals surface area contributed by atoms with Crippen LogP contribution in [0.15, 0.2) is 24.3 Å². The van der Waals surface area contributed by atoms with Gasteiger partial charge in [-0.25, -0.2) is 0 Å². The van der Waals surface area contributed by atoms with Crippen molar-refractivity contribution in [2.75, 3.05) is 45.6 Å². The van der Waals surface area contributed by atoms with Crippen LogP contribution in [0.5, 0.6) is 0 Å². The zero-order valence-electron chi connectivity index (χ0n) is 13.4. The van der Waals surface area contributed by atoms with E-state index >= 15 is 0 Å². The summed E-state index contributed by atoms with van der Waals surface area (Å²) in [7, 11) is 3.43. The minimum atomic E-state index is -0.0486. The predicted molar refractivity (Wildman–Crippen MR) is 87.0 cm³/mol. The second-order valence-electron chi connectivity index (χ2n) is 5.85. The quantitative estimate of drug-likeness (QED) is 0.856. The van der Waals surface area contributed by atoms with E-state index in [0.717, 1.165) is 19.6 Å². The number of carbonyl (C=O) groups is 2. The van der Waals surface area contributed by atoms with E-state index in [1.165, 1.54) is 4.90 Å². The zero-order chi connectivity index (χ0) is 16.1. The molecule has 1 saturated heterocycles. The first-order valence-electron chi connectivity index (χ1n) is 7.53. The van der Waals surface area contributed by atoms with Crippen molar-refractivity contribution in [3.05, 3.63) is 29.8 Å². The number of anilines is 1. The second-order valence-corrected chi connectivity index (χ2v) is 5.85. The van der Waals surface area contributed by atoms with Gasteiger partial charge in [-0.2, -0.15) is 0 Å². The molecule has 22 heavy (non-hydrogen) atoms. The lowest BCUT2D eigenvalue weighted by Gasteiger charge is -2.33. The number of benzene rings is 1. The highest BCUT2D eigenvalue weighted by molar-refractivity contribution is 5.96. The van der Waals surface area contributed by atoms with E-state index in [1.54, 1.807) is 38.4 Å². The Balaban J connectivity index is 1.90. The van der Waals surface area contributed by atoms with Crippen LogP contribution in [0.3, 0.4) is 0 Å². The summed E-state index contributed by atoms with van der Waals surface area (Å²) in [6, 6.07) is 7.34. The van der Waals surface area contributed by atoms with E-state index in [2.05, 4.69) is 22.5 Å². The van der Waals surface area contributed by atoms with Gasteiger partial charge in [0.05, 0.1) is 6.54 Å². The standard InChI is InChI=1S/C16H24N4O2/c1-12-10-17-8-9-20(12)11-15(21)18-14-6-4-13(5-7-14)16(22)19(2)3/h4-7,12,17H,8-11H2,1-3H3,(H,18,21)/t12-/m1/s1. The lowest BCUT2D eigenvalue weighted by atomic mass is 10.2. The summed E-state index contributed by atoms with van der Waals surface area (Å²) in [5.41, 5.74) is 1.32. The zero-order valence-corrected chi connectivity index (χ0v) is 13.4. The molecule has 1 fully saturated rings. The van der Waals surface area contributed by atoms with Crippen molar-refractivity contribution in [1.29, 1.82) is 0 Å². The first-order valence-corrected chi connectivity index (χ1v) is 7.53. The lowest BCUT2D eigenvalue weighted by Crippen LogP contribution is -2.51. The molecule has 1 atom stereocenters. The minimum Gasteiger partial charge on any atom is -0.345 e. The fraction of sp³-hybridized carbons (Fsp3) is 0.500. The van der Waals surface area contributed by atoms with Crippen molar-refractivity contribution in [2.24, 2.45) is 0 Å². The number of nitrogens with zero attached hydrogens (tertiary/aromatic N) is 2. The number of amides is 2. The molecule has 0 unspecified atom stereocenters. The topological polar surface area (TPSA) is 64.7 Å². The fourth-order valence-electron chi connectivity index (χ4n) is 2.46. The lowest BCUT2D eigenvalue weighted by molar-refractivity contribution is -0.118. The molecular formula is C16H24N4O2. The maximum Gasteiger partial charge on any atom is 0.253 e. The molecule has 0 bridgehead atoms. The van der Waals surface area contributed by atoms with Crippen molar-refractivity contribution in [2.45, 2.75) is 13.0 Å². The van der Waals surface area contributed by atoms with Crippen LogP contribution in [0.2, 0.25) is 0 Å². The van der Waals surface area contributed by atoms with Gasteiger partial charge in [0.25, 0.3) is 5.91 Å². The summed E-state index contributed by atoms with van der Waals surface area (Å²) < 4.78 is 0. The van der Waals surface area contributed by atoms with E-state index in [4.69, 9.17) is 0 Å². The van der Waals surface area contributed by atoms with Crippen LogP contribution < -0.4 is 10.6 Å². The molecule has 1 heterocycles. The molecule has 6 nitrogen and oxygen atoms in total. The molecular weight excluding hydrogens is 280 g/mol. The molecule has 0 aromatic heterocycles. The Bertz CT molecular complexity index is 527. The summed E-state index contributed by atoms with van der Waals surface area (Å²) >= 11 is 0. The molecule has 2 amide bonds. The third-order valence-corrected chi connectivity index (χ3v) is 3.81. The van der Waals surface area contributed by atoms with E-state index in [-0.39, 0.29) is 11.8 Å². The first-order chi connectivity index (χ1) is 10.5. The van der Waals surface area contributed by atoms with Gasteiger partial charge in [-0.1, -0.05) is 0 Å².